The molecule has 0 saturated carbocycles. The van der Waals surface area contributed by atoms with Crippen LogP contribution < -0.4 is 0 Å². The van der Waals surface area contributed by atoms with Gasteiger partial charge in [-0.25, -0.2) is 0 Å². The summed E-state index contributed by atoms with van der Waals surface area (Å²) in [7, 11) is 0. The fourth-order valence-corrected chi connectivity index (χ4v) is 3.05. The van der Waals surface area contributed by atoms with E-state index in [2.05, 4.69) is 15.3 Å². The molecular formula is C14H10ClF3N4S. The Morgan fingerprint density at radius 3 is 2.43 bits per heavy atom. The van der Waals surface area contributed by atoms with Crippen LogP contribution >= 0.6 is 23.4 Å². The number of fused-ring (bicyclic) bond motifs is 1. The van der Waals surface area contributed by atoms with Crippen molar-refractivity contribution in [1.29, 1.82) is 0 Å². The number of thioether (sulfide) groups is 1. The first-order valence-corrected chi connectivity index (χ1v) is 7.82. The van der Waals surface area contributed by atoms with Crippen molar-refractivity contribution in [2.75, 3.05) is 0 Å². The molecule has 0 aliphatic rings. The molecule has 2 aromatic heterocycles. The van der Waals surface area contributed by atoms with Crippen LogP contribution in [0.25, 0.3) is 5.65 Å². The van der Waals surface area contributed by atoms with Crippen LogP contribution in [0.1, 0.15) is 23.6 Å². The molecule has 0 saturated heterocycles. The first-order valence-electron chi connectivity index (χ1n) is 6.56. The van der Waals surface area contributed by atoms with E-state index in [0.29, 0.717) is 10.0 Å². The van der Waals surface area contributed by atoms with Gasteiger partial charge < -0.3 is 0 Å². The van der Waals surface area contributed by atoms with E-state index in [1.54, 1.807) is 18.2 Å². The number of alkyl halides is 3. The molecule has 0 aliphatic carbocycles. The zero-order valence-electron chi connectivity index (χ0n) is 11.8. The van der Waals surface area contributed by atoms with Crippen LogP contribution in [0.15, 0.2) is 41.4 Å². The Morgan fingerprint density at radius 1 is 1.09 bits per heavy atom. The van der Waals surface area contributed by atoms with Gasteiger partial charge in [-0.3, -0.25) is 0 Å². The second-order valence-corrected chi connectivity index (χ2v) is 6.57. The smallest absolute Gasteiger partial charge is 0.188 e. The van der Waals surface area contributed by atoms with E-state index < -0.39 is 12.0 Å². The summed E-state index contributed by atoms with van der Waals surface area (Å²) < 4.78 is 39.3. The van der Waals surface area contributed by atoms with Gasteiger partial charge in [0.05, 0.1) is 0 Å². The topological polar surface area (TPSA) is 43.1 Å². The van der Waals surface area contributed by atoms with Crippen LogP contribution in [0, 0.1) is 0 Å². The summed E-state index contributed by atoms with van der Waals surface area (Å²) in [5.41, 5.74) is 1.06. The molecule has 0 bridgehead atoms. The minimum Gasteiger partial charge on any atom is -0.188 e. The van der Waals surface area contributed by atoms with Gasteiger partial charge in [-0.1, -0.05) is 35.5 Å². The average Bonchev–Trinajstić information content (AvgIpc) is 2.91. The van der Waals surface area contributed by atoms with Gasteiger partial charge in [0.25, 0.3) is 5.82 Å². The van der Waals surface area contributed by atoms with Crippen molar-refractivity contribution in [3.8, 4) is 0 Å². The standard InChI is InChI=1S/C14H10ClF3N4S/c1-8(9-2-4-10(15)5-3-9)23-12-7-6-11-19-20-13(14(16,17)18)22(11)21-12/h2-8H,1H3. The zero-order chi connectivity index (χ0) is 16.6. The zero-order valence-corrected chi connectivity index (χ0v) is 13.3. The van der Waals surface area contributed by atoms with E-state index in [9.17, 15) is 13.2 Å². The lowest BCUT2D eigenvalue weighted by Crippen LogP contribution is -2.12. The van der Waals surface area contributed by atoms with Gasteiger partial charge in [-0.2, -0.15) is 22.8 Å². The molecule has 0 aliphatic heterocycles. The lowest BCUT2D eigenvalue weighted by Gasteiger charge is -2.11. The Bertz CT molecular complexity index is 832. The van der Waals surface area contributed by atoms with Crippen molar-refractivity contribution in [3.63, 3.8) is 0 Å². The molecule has 3 aromatic rings. The number of rotatable bonds is 3. The molecule has 3 rings (SSSR count). The molecule has 0 amide bonds. The number of hydrogen-bond donors (Lipinski definition) is 0. The summed E-state index contributed by atoms with van der Waals surface area (Å²) in [4.78, 5) is 0. The molecule has 0 N–H and O–H groups in total. The highest BCUT2D eigenvalue weighted by atomic mass is 35.5. The summed E-state index contributed by atoms with van der Waals surface area (Å²) in [6.45, 7) is 1.94. The SMILES string of the molecule is CC(Sc1ccc2nnc(C(F)(F)F)n2n1)c1ccc(Cl)cc1. The van der Waals surface area contributed by atoms with Crippen molar-refractivity contribution in [2.24, 2.45) is 0 Å². The molecule has 1 aromatic carbocycles. The maximum absolute atomic E-state index is 12.9. The van der Waals surface area contributed by atoms with Crippen LogP contribution in [-0.4, -0.2) is 19.8 Å². The Morgan fingerprint density at radius 2 is 1.78 bits per heavy atom. The Balaban J connectivity index is 1.89. The number of aromatic nitrogens is 4. The van der Waals surface area contributed by atoms with Gasteiger partial charge >= 0.3 is 6.18 Å². The van der Waals surface area contributed by atoms with E-state index in [0.717, 1.165) is 10.1 Å². The molecule has 0 radical (unpaired) electrons. The predicted octanol–water partition coefficient (Wildman–Crippen LogP) is 4.65. The number of hydrogen-bond acceptors (Lipinski definition) is 4. The van der Waals surface area contributed by atoms with Crippen LogP contribution in [0.4, 0.5) is 13.2 Å². The highest BCUT2D eigenvalue weighted by Crippen LogP contribution is 2.34. The van der Waals surface area contributed by atoms with Crippen LogP contribution in [0.2, 0.25) is 5.02 Å². The molecule has 1 unspecified atom stereocenters. The van der Waals surface area contributed by atoms with Crippen molar-refractivity contribution in [3.05, 3.63) is 52.8 Å². The highest BCUT2D eigenvalue weighted by Gasteiger charge is 2.37. The second kappa shape index (κ2) is 6.01. The normalized spacial score (nSPS) is 13.4. The Hall–Kier alpha value is -1.80. The highest BCUT2D eigenvalue weighted by molar-refractivity contribution is 7.99. The van der Waals surface area contributed by atoms with Crippen molar-refractivity contribution in [2.45, 2.75) is 23.4 Å². The first-order chi connectivity index (χ1) is 10.8. The van der Waals surface area contributed by atoms with E-state index in [4.69, 9.17) is 11.6 Å². The van der Waals surface area contributed by atoms with Gasteiger partial charge in [0, 0.05) is 10.3 Å². The number of benzene rings is 1. The largest absolute Gasteiger partial charge is 0.453 e. The fraction of sp³-hybridized carbons (Fsp3) is 0.214. The van der Waals surface area contributed by atoms with E-state index in [-0.39, 0.29) is 10.9 Å². The Labute approximate surface area is 138 Å². The molecule has 120 valence electrons. The lowest BCUT2D eigenvalue weighted by molar-refractivity contribution is -0.146. The van der Waals surface area contributed by atoms with Gasteiger partial charge in [0.2, 0.25) is 0 Å². The summed E-state index contributed by atoms with van der Waals surface area (Å²) in [6.07, 6.45) is -4.60. The number of nitrogens with zero attached hydrogens (tertiary/aromatic N) is 4. The van der Waals surface area contributed by atoms with Crippen LogP contribution in [-0.2, 0) is 6.18 Å². The summed E-state index contributed by atoms with van der Waals surface area (Å²) in [5, 5.41) is 11.7. The average molecular weight is 359 g/mol. The molecule has 23 heavy (non-hydrogen) atoms. The third-order valence-corrected chi connectivity index (χ3v) is 4.47. The quantitative estimate of drug-likeness (QED) is 0.639. The molecule has 0 spiro atoms. The Kier molecular flexibility index (Phi) is 4.20. The van der Waals surface area contributed by atoms with Crippen molar-refractivity contribution in [1.82, 2.24) is 19.8 Å². The number of halogens is 4. The van der Waals surface area contributed by atoms with E-state index >= 15 is 0 Å². The van der Waals surface area contributed by atoms with Crippen molar-refractivity contribution < 1.29 is 13.2 Å². The minimum absolute atomic E-state index is 0.00281. The molecule has 2 heterocycles. The van der Waals surface area contributed by atoms with Crippen molar-refractivity contribution >= 4 is 29.0 Å². The molecule has 9 heteroatoms. The predicted molar refractivity (Wildman–Crippen MR) is 81.5 cm³/mol. The van der Waals surface area contributed by atoms with E-state index in [1.165, 1.54) is 17.8 Å². The molecule has 1 atom stereocenters. The summed E-state index contributed by atoms with van der Waals surface area (Å²) in [6, 6.07) is 10.4. The maximum Gasteiger partial charge on any atom is 0.453 e. The third kappa shape index (κ3) is 3.42. The summed E-state index contributed by atoms with van der Waals surface area (Å²) in [5.74, 6) is -1.13. The third-order valence-electron chi connectivity index (χ3n) is 3.13. The minimum atomic E-state index is -4.60. The monoisotopic (exact) mass is 358 g/mol. The summed E-state index contributed by atoms with van der Waals surface area (Å²) >= 11 is 7.19. The van der Waals surface area contributed by atoms with Crippen LogP contribution in [0.5, 0.6) is 0 Å². The molecule has 4 nitrogen and oxygen atoms in total. The second-order valence-electron chi connectivity index (χ2n) is 4.77. The van der Waals surface area contributed by atoms with Crippen LogP contribution in [0.3, 0.4) is 0 Å². The van der Waals surface area contributed by atoms with Gasteiger partial charge in [0.15, 0.2) is 5.65 Å². The van der Waals surface area contributed by atoms with Gasteiger partial charge in [-0.15, -0.1) is 10.2 Å². The first kappa shape index (κ1) is 16.1. The maximum atomic E-state index is 12.9. The molecule has 0 fully saturated rings. The lowest BCUT2D eigenvalue weighted by atomic mass is 10.2. The van der Waals surface area contributed by atoms with E-state index in [1.807, 2.05) is 19.1 Å². The van der Waals surface area contributed by atoms with Gasteiger partial charge in [-0.05, 0) is 36.8 Å². The molecular weight excluding hydrogens is 349 g/mol. The fourth-order valence-electron chi connectivity index (χ4n) is 1.99. The van der Waals surface area contributed by atoms with Gasteiger partial charge in [0.1, 0.15) is 5.03 Å².